The normalized spacial score (nSPS) is 19.4. The van der Waals surface area contributed by atoms with Gasteiger partial charge >= 0.3 is 0 Å². The largest absolute Gasteiger partial charge is 0.372 e. The van der Waals surface area contributed by atoms with E-state index in [1.807, 2.05) is 74.2 Å². The first-order chi connectivity index (χ1) is 13.9. The number of hydrogen-bond acceptors (Lipinski definition) is 2. The Labute approximate surface area is 176 Å². The van der Waals surface area contributed by atoms with E-state index in [1.54, 1.807) is 0 Å². The minimum absolute atomic E-state index is 0.0370. The number of carbonyl (C=O) groups is 1. The Bertz CT molecular complexity index is 1000. The van der Waals surface area contributed by atoms with Crippen molar-refractivity contribution in [3.8, 4) is 16.9 Å². The van der Waals surface area contributed by atoms with Crippen molar-refractivity contribution >= 4 is 17.5 Å². The molecule has 150 valence electrons. The number of nitrogens with zero attached hydrogens (tertiary/aromatic N) is 2. The Kier molecular flexibility index (Phi) is 5.48. The predicted octanol–water partition coefficient (Wildman–Crippen LogP) is 5.36. The summed E-state index contributed by atoms with van der Waals surface area (Å²) >= 11 is 6.09. The fraction of sp³-hybridized carbons (Fsp3) is 0.292. The number of rotatable bonds is 3. The monoisotopic (exact) mass is 408 g/mol. The van der Waals surface area contributed by atoms with Crippen LogP contribution in [0.2, 0.25) is 5.02 Å². The van der Waals surface area contributed by atoms with Crippen LogP contribution in [0.1, 0.15) is 29.9 Å². The van der Waals surface area contributed by atoms with E-state index in [0.29, 0.717) is 18.1 Å². The highest BCUT2D eigenvalue weighted by Gasteiger charge is 2.29. The van der Waals surface area contributed by atoms with Crippen LogP contribution in [0.5, 0.6) is 0 Å². The van der Waals surface area contributed by atoms with Crippen molar-refractivity contribution in [3.63, 3.8) is 0 Å². The molecular weight excluding hydrogens is 384 g/mol. The number of morpholine rings is 1. The molecule has 29 heavy (non-hydrogen) atoms. The van der Waals surface area contributed by atoms with E-state index >= 15 is 0 Å². The van der Waals surface area contributed by atoms with Gasteiger partial charge in [0.1, 0.15) is 0 Å². The first-order valence-electron chi connectivity index (χ1n) is 9.92. The summed E-state index contributed by atoms with van der Waals surface area (Å²) in [6.45, 7) is 7.24. The molecule has 0 aliphatic carbocycles. The Balaban J connectivity index is 1.81. The first kappa shape index (κ1) is 19.7. The van der Waals surface area contributed by atoms with Gasteiger partial charge in [0, 0.05) is 29.5 Å². The van der Waals surface area contributed by atoms with Crippen LogP contribution in [0.3, 0.4) is 0 Å². The highest BCUT2D eigenvalue weighted by Crippen LogP contribution is 2.31. The summed E-state index contributed by atoms with van der Waals surface area (Å²) in [5.41, 5.74) is 4.67. The summed E-state index contributed by atoms with van der Waals surface area (Å²) in [6.07, 6.45) is 0.0740. The molecule has 0 radical (unpaired) electrons. The van der Waals surface area contributed by atoms with Crippen molar-refractivity contribution < 1.29 is 9.53 Å². The molecule has 1 aliphatic rings. The number of ether oxygens (including phenoxy) is 1. The average Bonchev–Trinajstić information content (AvgIpc) is 3.05. The van der Waals surface area contributed by atoms with Gasteiger partial charge < -0.3 is 14.2 Å². The smallest absolute Gasteiger partial charge is 0.255 e. The number of aromatic nitrogens is 1. The summed E-state index contributed by atoms with van der Waals surface area (Å²) in [7, 11) is 0. The van der Waals surface area contributed by atoms with Crippen molar-refractivity contribution in [2.75, 3.05) is 13.1 Å². The molecule has 3 aromatic rings. The molecule has 5 heteroatoms. The second-order valence-corrected chi connectivity index (χ2v) is 8.11. The first-order valence-corrected chi connectivity index (χ1v) is 10.3. The van der Waals surface area contributed by atoms with Gasteiger partial charge in [0.25, 0.3) is 5.91 Å². The lowest BCUT2D eigenvalue weighted by molar-refractivity contribution is -0.0586. The highest BCUT2D eigenvalue weighted by atomic mass is 35.5. The Hall–Kier alpha value is -2.56. The molecule has 0 unspecified atom stereocenters. The SMILES string of the molecule is Cc1c(C(=O)N2C[C@@H](C)O[C@@H](C)C2)cc(-c2ccc(Cl)cc2)n1-c1ccccc1. The van der Waals surface area contributed by atoms with Crippen LogP contribution in [0, 0.1) is 6.92 Å². The van der Waals surface area contributed by atoms with E-state index in [-0.39, 0.29) is 18.1 Å². The van der Waals surface area contributed by atoms with Crippen LogP contribution in [-0.2, 0) is 4.74 Å². The zero-order valence-electron chi connectivity index (χ0n) is 16.9. The quantitative estimate of drug-likeness (QED) is 0.585. The highest BCUT2D eigenvalue weighted by molar-refractivity contribution is 6.30. The molecule has 4 nitrogen and oxygen atoms in total. The molecule has 0 bridgehead atoms. The van der Waals surface area contributed by atoms with E-state index in [0.717, 1.165) is 28.2 Å². The lowest BCUT2D eigenvalue weighted by atomic mass is 10.1. The standard InChI is InChI=1S/C24H25ClN2O2/c1-16-14-26(15-17(2)29-16)24(28)22-13-23(19-9-11-20(25)12-10-19)27(18(22)3)21-7-5-4-6-8-21/h4-13,16-17H,14-15H2,1-3H3/t16-,17+. The van der Waals surface area contributed by atoms with Gasteiger partial charge in [0.2, 0.25) is 0 Å². The maximum atomic E-state index is 13.4. The Morgan fingerprint density at radius 3 is 2.24 bits per heavy atom. The number of amides is 1. The van der Waals surface area contributed by atoms with Crippen LogP contribution in [0.4, 0.5) is 0 Å². The van der Waals surface area contributed by atoms with E-state index in [1.165, 1.54) is 0 Å². The summed E-state index contributed by atoms with van der Waals surface area (Å²) in [5.74, 6) is 0.0504. The minimum Gasteiger partial charge on any atom is -0.372 e. The van der Waals surface area contributed by atoms with Gasteiger partial charge in [-0.2, -0.15) is 0 Å². The lowest BCUT2D eigenvalue weighted by Crippen LogP contribution is -2.48. The predicted molar refractivity (Wildman–Crippen MR) is 117 cm³/mol. The van der Waals surface area contributed by atoms with Crippen LogP contribution in [0.25, 0.3) is 16.9 Å². The second-order valence-electron chi connectivity index (χ2n) is 7.67. The van der Waals surface area contributed by atoms with Gasteiger partial charge in [0.15, 0.2) is 0 Å². The van der Waals surface area contributed by atoms with Gasteiger partial charge in [-0.1, -0.05) is 41.9 Å². The summed E-state index contributed by atoms with van der Waals surface area (Å²) in [4.78, 5) is 15.3. The van der Waals surface area contributed by atoms with Gasteiger partial charge in [-0.3, -0.25) is 4.79 Å². The zero-order valence-corrected chi connectivity index (χ0v) is 17.7. The van der Waals surface area contributed by atoms with Gasteiger partial charge in [0.05, 0.1) is 23.5 Å². The van der Waals surface area contributed by atoms with Gasteiger partial charge in [-0.15, -0.1) is 0 Å². The molecule has 1 amide bonds. The number of para-hydroxylation sites is 1. The van der Waals surface area contributed by atoms with Crippen molar-refractivity contribution in [2.24, 2.45) is 0 Å². The average molecular weight is 409 g/mol. The topological polar surface area (TPSA) is 34.5 Å². The third-order valence-corrected chi connectivity index (χ3v) is 5.59. The molecule has 1 fully saturated rings. The molecular formula is C24H25ClN2O2. The third-order valence-electron chi connectivity index (χ3n) is 5.34. The molecule has 2 aromatic carbocycles. The zero-order chi connectivity index (χ0) is 20.5. The molecule has 0 N–H and O–H groups in total. The van der Waals surface area contributed by atoms with E-state index in [4.69, 9.17) is 16.3 Å². The van der Waals surface area contributed by atoms with Crippen LogP contribution in [-0.4, -0.2) is 40.7 Å². The molecule has 4 rings (SSSR count). The molecule has 0 saturated carbocycles. The van der Waals surface area contributed by atoms with E-state index in [2.05, 4.69) is 16.7 Å². The summed E-state index contributed by atoms with van der Waals surface area (Å²) in [5, 5.41) is 0.691. The molecule has 1 saturated heterocycles. The summed E-state index contributed by atoms with van der Waals surface area (Å²) < 4.78 is 7.94. The Morgan fingerprint density at radius 1 is 1.00 bits per heavy atom. The second kappa shape index (κ2) is 8.05. The van der Waals surface area contributed by atoms with Crippen LogP contribution in [0.15, 0.2) is 60.7 Å². The van der Waals surface area contributed by atoms with Crippen molar-refractivity contribution in [2.45, 2.75) is 33.0 Å². The van der Waals surface area contributed by atoms with Gasteiger partial charge in [-0.25, -0.2) is 0 Å². The van der Waals surface area contributed by atoms with Crippen LogP contribution < -0.4 is 0 Å². The lowest BCUT2D eigenvalue weighted by Gasteiger charge is -2.35. The molecule has 1 aliphatic heterocycles. The van der Waals surface area contributed by atoms with Crippen molar-refractivity contribution in [3.05, 3.63) is 76.9 Å². The molecule has 1 aromatic heterocycles. The van der Waals surface area contributed by atoms with Gasteiger partial charge in [-0.05, 0) is 56.7 Å². The maximum absolute atomic E-state index is 13.4. The molecule has 2 heterocycles. The van der Waals surface area contributed by atoms with Crippen LogP contribution >= 0.6 is 11.6 Å². The number of carbonyl (C=O) groups excluding carboxylic acids is 1. The minimum atomic E-state index is 0.0370. The van der Waals surface area contributed by atoms with Crippen molar-refractivity contribution in [1.29, 1.82) is 0 Å². The molecule has 0 spiro atoms. The number of benzene rings is 2. The van der Waals surface area contributed by atoms with E-state index < -0.39 is 0 Å². The van der Waals surface area contributed by atoms with E-state index in [9.17, 15) is 4.79 Å². The van der Waals surface area contributed by atoms with Crippen molar-refractivity contribution in [1.82, 2.24) is 9.47 Å². The summed E-state index contributed by atoms with van der Waals surface area (Å²) in [6, 6.07) is 19.8. The number of hydrogen-bond donors (Lipinski definition) is 0. The number of halogens is 1. The third kappa shape index (κ3) is 3.96. The maximum Gasteiger partial charge on any atom is 0.255 e. The Morgan fingerprint density at radius 2 is 1.62 bits per heavy atom. The fourth-order valence-electron chi connectivity index (χ4n) is 4.08. The fourth-order valence-corrected chi connectivity index (χ4v) is 4.21. The molecule has 2 atom stereocenters.